The molecule has 0 saturated heterocycles. The summed E-state index contributed by atoms with van der Waals surface area (Å²) in [6.07, 6.45) is 0.0568. The second-order valence-corrected chi connectivity index (χ2v) is 6.46. The number of benzene rings is 1. The number of hydrogen-bond acceptors (Lipinski definition) is 5. The molecule has 1 N–H and O–H groups in total. The van der Waals surface area contributed by atoms with Gasteiger partial charge in [0, 0.05) is 10.8 Å². The van der Waals surface area contributed by atoms with Gasteiger partial charge in [0.15, 0.2) is 4.34 Å². The van der Waals surface area contributed by atoms with Crippen LogP contribution in [-0.4, -0.2) is 20.4 Å². The third-order valence-electron chi connectivity index (χ3n) is 2.42. The Morgan fingerprint density at radius 2 is 2.05 bits per heavy atom. The van der Waals surface area contributed by atoms with Crippen molar-refractivity contribution in [3.05, 3.63) is 35.7 Å². The number of carboxylic acid groups (broad SMARTS) is 1. The van der Waals surface area contributed by atoms with E-state index in [9.17, 15) is 4.79 Å². The summed E-state index contributed by atoms with van der Waals surface area (Å²) in [7, 11) is 0. The van der Waals surface area contributed by atoms with E-state index in [-0.39, 0.29) is 6.42 Å². The van der Waals surface area contributed by atoms with Crippen molar-refractivity contribution in [2.75, 3.05) is 0 Å². The van der Waals surface area contributed by atoms with E-state index < -0.39 is 5.97 Å². The van der Waals surface area contributed by atoms with E-state index in [0.717, 1.165) is 20.6 Å². The van der Waals surface area contributed by atoms with E-state index in [1.165, 1.54) is 11.5 Å². The fourth-order valence-electron chi connectivity index (χ4n) is 1.45. The molecule has 0 aliphatic heterocycles. The van der Waals surface area contributed by atoms with E-state index in [1.807, 2.05) is 24.3 Å². The van der Waals surface area contributed by atoms with E-state index >= 15 is 0 Å². The summed E-state index contributed by atoms with van der Waals surface area (Å²) in [5.41, 5.74) is 0.803. The molecular weight excluding hydrogens is 280 g/mol. The molecule has 19 heavy (non-hydrogen) atoms. The summed E-state index contributed by atoms with van der Waals surface area (Å²) >= 11 is 2.95. The normalized spacial score (nSPS) is 10.9. The van der Waals surface area contributed by atoms with E-state index in [1.54, 1.807) is 11.8 Å². The molecule has 6 heteroatoms. The predicted molar refractivity (Wildman–Crippen MR) is 75.9 cm³/mol. The lowest BCUT2D eigenvalue weighted by Crippen LogP contribution is -1.99. The lowest BCUT2D eigenvalue weighted by molar-refractivity contribution is -0.136. The predicted octanol–water partition coefficient (Wildman–Crippen LogP) is 3.44. The fourth-order valence-corrected chi connectivity index (χ4v) is 3.17. The zero-order valence-corrected chi connectivity index (χ0v) is 12.3. The Morgan fingerprint density at radius 1 is 1.37 bits per heavy atom. The Morgan fingerprint density at radius 3 is 2.58 bits per heavy atom. The van der Waals surface area contributed by atoms with E-state index in [2.05, 4.69) is 23.2 Å². The van der Waals surface area contributed by atoms with Crippen LogP contribution in [0.5, 0.6) is 0 Å². The van der Waals surface area contributed by atoms with Gasteiger partial charge in [-0.25, -0.2) is 4.98 Å². The molecule has 0 amide bonds. The highest BCUT2D eigenvalue weighted by Gasteiger charge is 2.09. The van der Waals surface area contributed by atoms with Crippen molar-refractivity contribution in [2.24, 2.45) is 0 Å². The van der Waals surface area contributed by atoms with Crippen molar-refractivity contribution in [3.8, 4) is 0 Å². The zero-order chi connectivity index (χ0) is 13.8. The van der Waals surface area contributed by atoms with Crippen LogP contribution in [0.15, 0.2) is 33.5 Å². The molecule has 100 valence electrons. The molecule has 0 atom stereocenters. The largest absolute Gasteiger partial charge is 0.481 e. The quantitative estimate of drug-likeness (QED) is 0.915. The van der Waals surface area contributed by atoms with Gasteiger partial charge in [-0.05, 0) is 29.2 Å². The van der Waals surface area contributed by atoms with Gasteiger partial charge >= 0.3 is 5.97 Å². The Hall–Kier alpha value is -1.40. The molecule has 1 aromatic carbocycles. The average Bonchev–Trinajstić information content (AvgIpc) is 2.80. The molecule has 1 aromatic heterocycles. The first-order valence-electron chi connectivity index (χ1n) is 5.87. The Balaban J connectivity index is 2.04. The molecule has 2 aromatic rings. The number of carbonyl (C=O) groups is 1. The van der Waals surface area contributed by atoms with Gasteiger partial charge in [-0.3, -0.25) is 4.79 Å². The minimum absolute atomic E-state index is 0.0568. The first-order valence-corrected chi connectivity index (χ1v) is 7.46. The molecule has 1 heterocycles. The first-order chi connectivity index (χ1) is 9.04. The van der Waals surface area contributed by atoms with Crippen molar-refractivity contribution in [1.29, 1.82) is 0 Å². The van der Waals surface area contributed by atoms with Gasteiger partial charge in [-0.2, -0.15) is 4.37 Å². The summed E-state index contributed by atoms with van der Waals surface area (Å²) in [6.45, 7) is 4.13. The first kappa shape index (κ1) is 14.0. The monoisotopic (exact) mass is 294 g/mol. The maximum atomic E-state index is 10.6. The SMILES string of the molecule is CC(C)c1nsc(Sc2ccc(CC(=O)O)cc2)n1. The molecule has 2 rings (SSSR count). The Labute approximate surface area is 120 Å². The van der Waals surface area contributed by atoms with Crippen molar-refractivity contribution in [1.82, 2.24) is 9.36 Å². The van der Waals surface area contributed by atoms with Gasteiger partial charge in [0.2, 0.25) is 0 Å². The lowest BCUT2D eigenvalue weighted by Gasteiger charge is -2.00. The van der Waals surface area contributed by atoms with Gasteiger partial charge in [-0.1, -0.05) is 37.7 Å². The number of rotatable bonds is 5. The van der Waals surface area contributed by atoms with Crippen LogP contribution in [0.3, 0.4) is 0 Å². The van der Waals surface area contributed by atoms with Crippen LogP contribution >= 0.6 is 23.3 Å². The highest BCUT2D eigenvalue weighted by Crippen LogP contribution is 2.30. The van der Waals surface area contributed by atoms with Crippen molar-refractivity contribution < 1.29 is 9.90 Å². The lowest BCUT2D eigenvalue weighted by atomic mass is 10.2. The highest BCUT2D eigenvalue weighted by molar-refractivity contribution is 8.01. The second-order valence-electron chi connectivity index (χ2n) is 4.39. The molecule has 4 nitrogen and oxygen atoms in total. The highest BCUT2D eigenvalue weighted by atomic mass is 32.2. The minimum atomic E-state index is -0.814. The van der Waals surface area contributed by atoms with Gasteiger partial charge in [0.1, 0.15) is 5.82 Å². The van der Waals surface area contributed by atoms with Crippen LogP contribution in [0, 0.1) is 0 Å². The molecule has 0 unspecified atom stereocenters. The van der Waals surface area contributed by atoms with Gasteiger partial charge in [-0.15, -0.1) is 0 Å². The van der Waals surface area contributed by atoms with Gasteiger partial charge in [0.25, 0.3) is 0 Å². The maximum Gasteiger partial charge on any atom is 0.307 e. The van der Waals surface area contributed by atoms with Crippen LogP contribution in [-0.2, 0) is 11.2 Å². The van der Waals surface area contributed by atoms with Gasteiger partial charge < -0.3 is 5.11 Å². The Kier molecular flexibility index (Phi) is 4.55. The molecule has 0 saturated carbocycles. The minimum Gasteiger partial charge on any atom is -0.481 e. The average molecular weight is 294 g/mol. The summed E-state index contributed by atoms with van der Waals surface area (Å²) in [6, 6.07) is 7.50. The van der Waals surface area contributed by atoms with Gasteiger partial charge in [0.05, 0.1) is 6.42 Å². The summed E-state index contributed by atoms with van der Waals surface area (Å²) in [5.74, 6) is 0.393. The molecule has 0 spiro atoms. The summed E-state index contributed by atoms with van der Waals surface area (Å²) in [4.78, 5) is 16.1. The molecule has 0 aliphatic carbocycles. The summed E-state index contributed by atoms with van der Waals surface area (Å²) in [5, 5.41) is 8.70. The van der Waals surface area contributed by atoms with Crippen LogP contribution in [0.1, 0.15) is 31.2 Å². The second kappa shape index (κ2) is 6.16. The topological polar surface area (TPSA) is 63.1 Å². The number of nitrogens with zero attached hydrogens (tertiary/aromatic N) is 2. The third-order valence-corrected chi connectivity index (χ3v) is 4.20. The number of aromatic nitrogens is 2. The number of hydrogen-bond donors (Lipinski definition) is 1. The molecule has 0 radical (unpaired) electrons. The smallest absolute Gasteiger partial charge is 0.307 e. The van der Waals surface area contributed by atoms with Crippen molar-refractivity contribution >= 4 is 29.3 Å². The number of carboxylic acids is 1. The van der Waals surface area contributed by atoms with E-state index in [0.29, 0.717) is 5.92 Å². The zero-order valence-electron chi connectivity index (χ0n) is 10.7. The molecule has 0 aliphatic rings. The number of aliphatic carboxylic acids is 1. The van der Waals surface area contributed by atoms with Crippen molar-refractivity contribution in [3.63, 3.8) is 0 Å². The molecular formula is C13H14N2O2S2. The van der Waals surface area contributed by atoms with Crippen LogP contribution < -0.4 is 0 Å². The maximum absolute atomic E-state index is 10.6. The van der Waals surface area contributed by atoms with Crippen LogP contribution in [0.4, 0.5) is 0 Å². The van der Waals surface area contributed by atoms with Crippen LogP contribution in [0.25, 0.3) is 0 Å². The van der Waals surface area contributed by atoms with Crippen LogP contribution in [0.2, 0.25) is 0 Å². The molecule has 0 bridgehead atoms. The Bertz CT molecular complexity index is 564. The molecule has 0 fully saturated rings. The standard InChI is InChI=1S/C13H14N2O2S2/c1-8(2)12-14-13(19-15-12)18-10-5-3-9(4-6-10)7-11(16)17/h3-6,8H,7H2,1-2H3,(H,16,17). The van der Waals surface area contributed by atoms with Crippen molar-refractivity contribution in [2.45, 2.75) is 35.4 Å². The fraction of sp³-hybridized carbons (Fsp3) is 0.308. The summed E-state index contributed by atoms with van der Waals surface area (Å²) < 4.78 is 5.21. The van der Waals surface area contributed by atoms with E-state index in [4.69, 9.17) is 5.11 Å². The third kappa shape index (κ3) is 4.04.